The predicted octanol–water partition coefficient (Wildman–Crippen LogP) is 7.51. The van der Waals surface area contributed by atoms with Gasteiger partial charge in [0.2, 0.25) is 0 Å². The topological polar surface area (TPSA) is 107 Å². The summed E-state index contributed by atoms with van der Waals surface area (Å²) in [4.78, 5) is 28.6. The minimum Gasteiger partial charge on any atom is -0.443 e. The lowest BCUT2D eigenvalue weighted by Gasteiger charge is -2.31. The summed E-state index contributed by atoms with van der Waals surface area (Å²) in [5, 5.41) is 14.6. The summed E-state index contributed by atoms with van der Waals surface area (Å²) in [7, 11) is 0. The Morgan fingerprint density at radius 1 is 0.938 bits per heavy atom. The molecule has 2 aromatic rings. The van der Waals surface area contributed by atoms with E-state index in [9.17, 15) is 14.7 Å². The second-order valence-electron chi connectivity index (χ2n) is 12.8. The van der Waals surface area contributed by atoms with Crippen molar-refractivity contribution in [2.24, 2.45) is 5.92 Å². The first-order chi connectivity index (χ1) is 23.5. The van der Waals surface area contributed by atoms with Crippen LogP contribution in [0, 0.1) is 5.92 Å². The molecule has 9 nitrogen and oxygen atoms in total. The van der Waals surface area contributed by atoms with E-state index in [0.717, 1.165) is 68.9 Å². The number of allylic oxidation sites excluding steroid dienone is 2. The monoisotopic (exact) mass is 662 g/mol. The van der Waals surface area contributed by atoms with Crippen LogP contribution in [-0.2, 0) is 25.4 Å². The molecule has 0 aliphatic carbocycles. The number of nitrogens with zero attached hydrogens (tertiary/aromatic N) is 1. The molecule has 4 rings (SSSR count). The number of carbonyl (C=O) groups excluding carboxylic acids is 2. The molecule has 6 atom stereocenters. The molecule has 0 spiro atoms. The lowest BCUT2D eigenvalue weighted by molar-refractivity contribution is -0.0907. The molecule has 1 unspecified atom stereocenters. The first-order valence-corrected chi connectivity index (χ1v) is 17.6. The van der Waals surface area contributed by atoms with Crippen LogP contribution in [0.5, 0.6) is 0 Å². The van der Waals surface area contributed by atoms with Gasteiger partial charge >= 0.3 is 12.2 Å². The standard InChI is InChI=1S/C39H54N2O7/c1-3-5-7-9-10-17-23-35(31-21-15-12-16-22-31)48-39(44)41(25-18-8-6-4-2)28-34(42)33(27-30-19-13-11-14-20-30)40-38(43)47-36-29-46-37-32(36)24-26-45-37/h3-4,11-16,19-22,32-37,42H,1-2,5-10,17-18,23-29H2,(H,40,43)/t32-,33-,34+,35?,36-,37+/m0/s1. The first kappa shape index (κ1) is 37.2. The number of fused-ring (bicyclic) bond motifs is 1. The number of unbranched alkanes of at least 4 members (excludes halogenated alkanes) is 6. The molecular weight excluding hydrogens is 608 g/mol. The number of benzene rings is 2. The third-order valence-electron chi connectivity index (χ3n) is 9.10. The van der Waals surface area contributed by atoms with Crippen LogP contribution in [0.3, 0.4) is 0 Å². The second-order valence-corrected chi connectivity index (χ2v) is 12.8. The largest absolute Gasteiger partial charge is 0.443 e. The fraction of sp³-hybridized carbons (Fsp3) is 0.538. The molecule has 0 saturated carbocycles. The molecule has 2 saturated heterocycles. The zero-order valence-electron chi connectivity index (χ0n) is 28.3. The number of aliphatic hydroxyl groups is 1. The fourth-order valence-corrected chi connectivity index (χ4v) is 6.35. The molecule has 2 amide bonds. The van der Waals surface area contributed by atoms with Crippen molar-refractivity contribution in [3.63, 3.8) is 0 Å². The van der Waals surface area contributed by atoms with Crippen molar-refractivity contribution in [1.82, 2.24) is 10.2 Å². The van der Waals surface area contributed by atoms with Gasteiger partial charge in [0.15, 0.2) is 6.29 Å². The van der Waals surface area contributed by atoms with E-state index < -0.39 is 36.5 Å². The van der Waals surface area contributed by atoms with E-state index in [4.69, 9.17) is 18.9 Å². The molecule has 2 aliphatic rings. The van der Waals surface area contributed by atoms with Crippen LogP contribution in [0.4, 0.5) is 9.59 Å². The third-order valence-corrected chi connectivity index (χ3v) is 9.10. The van der Waals surface area contributed by atoms with Gasteiger partial charge in [-0.15, -0.1) is 13.2 Å². The Morgan fingerprint density at radius 2 is 1.62 bits per heavy atom. The number of amides is 2. The molecular formula is C39H54N2O7. The van der Waals surface area contributed by atoms with Crippen molar-refractivity contribution in [2.45, 2.75) is 101 Å². The van der Waals surface area contributed by atoms with Gasteiger partial charge in [-0.05, 0) is 68.9 Å². The molecule has 2 fully saturated rings. The molecule has 262 valence electrons. The smallest absolute Gasteiger partial charge is 0.410 e. The summed E-state index contributed by atoms with van der Waals surface area (Å²) in [6, 6.07) is 18.7. The van der Waals surface area contributed by atoms with Crippen molar-refractivity contribution in [3.8, 4) is 0 Å². The van der Waals surface area contributed by atoms with Crippen molar-refractivity contribution in [1.29, 1.82) is 0 Å². The van der Waals surface area contributed by atoms with Gasteiger partial charge in [0, 0.05) is 6.54 Å². The van der Waals surface area contributed by atoms with Gasteiger partial charge < -0.3 is 34.3 Å². The predicted molar refractivity (Wildman–Crippen MR) is 186 cm³/mol. The molecule has 2 N–H and O–H groups in total. The van der Waals surface area contributed by atoms with Gasteiger partial charge in [-0.2, -0.15) is 0 Å². The quantitative estimate of drug-likeness (QED) is 0.105. The molecule has 2 heterocycles. The highest BCUT2D eigenvalue weighted by molar-refractivity contribution is 5.69. The van der Waals surface area contributed by atoms with Crippen molar-refractivity contribution < 1.29 is 33.6 Å². The summed E-state index contributed by atoms with van der Waals surface area (Å²) in [6.07, 6.45) is 9.84. The maximum absolute atomic E-state index is 13.9. The molecule has 2 aliphatic heterocycles. The fourth-order valence-electron chi connectivity index (χ4n) is 6.35. The SMILES string of the molecule is C=CCCCCCCC(OC(=O)N(CCCCC=C)C[C@@H](O)[C@H](Cc1ccccc1)NC(=O)O[C@H]1CO[C@H]2OCC[C@H]21)c1ccccc1. The van der Waals surface area contributed by atoms with Gasteiger partial charge in [-0.1, -0.05) is 85.7 Å². The Labute approximate surface area is 286 Å². The van der Waals surface area contributed by atoms with Crippen LogP contribution in [0.15, 0.2) is 86.0 Å². The summed E-state index contributed by atoms with van der Waals surface area (Å²) < 4.78 is 23.2. The number of rotatable bonds is 21. The molecule has 0 radical (unpaired) electrons. The zero-order valence-corrected chi connectivity index (χ0v) is 28.3. The van der Waals surface area contributed by atoms with E-state index in [0.29, 0.717) is 26.0 Å². The highest BCUT2D eigenvalue weighted by Crippen LogP contribution is 2.33. The van der Waals surface area contributed by atoms with Crippen LogP contribution in [0.25, 0.3) is 0 Å². The van der Waals surface area contributed by atoms with Crippen molar-refractivity contribution in [3.05, 3.63) is 97.1 Å². The Morgan fingerprint density at radius 3 is 2.35 bits per heavy atom. The maximum atomic E-state index is 13.9. The van der Waals surface area contributed by atoms with Crippen LogP contribution in [-0.4, -0.2) is 73.0 Å². The van der Waals surface area contributed by atoms with Gasteiger partial charge in [-0.25, -0.2) is 9.59 Å². The summed E-state index contributed by atoms with van der Waals surface area (Å²) >= 11 is 0. The van der Waals surface area contributed by atoms with Gasteiger partial charge in [0.25, 0.3) is 0 Å². The summed E-state index contributed by atoms with van der Waals surface area (Å²) in [5.74, 6) is -0.00113. The highest BCUT2D eigenvalue weighted by Gasteiger charge is 2.44. The van der Waals surface area contributed by atoms with Crippen LogP contribution in [0.1, 0.15) is 81.4 Å². The lowest BCUT2D eigenvalue weighted by Crippen LogP contribution is -2.51. The number of hydrogen-bond acceptors (Lipinski definition) is 7. The van der Waals surface area contributed by atoms with Crippen molar-refractivity contribution >= 4 is 12.2 Å². The van der Waals surface area contributed by atoms with Gasteiger partial charge in [0.1, 0.15) is 12.2 Å². The Kier molecular flexibility index (Phi) is 16.0. The number of nitrogens with one attached hydrogen (secondary N) is 1. The minimum atomic E-state index is -1.09. The normalized spacial score (nSPS) is 20.2. The highest BCUT2D eigenvalue weighted by atomic mass is 16.7. The van der Waals surface area contributed by atoms with E-state index in [1.54, 1.807) is 4.90 Å². The van der Waals surface area contributed by atoms with Crippen LogP contribution >= 0.6 is 0 Å². The van der Waals surface area contributed by atoms with Gasteiger partial charge in [-0.3, -0.25) is 0 Å². The molecule has 48 heavy (non-hydrogen) atoms. The Bertz CT molecular complexity index is 1240. The number of hydrogen-bond donors (Lipinski definition) is 2. The zero-order chi connectivity index (χ0) is 34.0. The number of alkyl carbamates (subject to hydrolysis) is 1. The third kappa shape index (κ3) is 12.1. The Hall–Kier alpha value is -3.66. The van der Waals surface area contributed by atoms with Gasteiger partial charge in [0.05, 0.1) is 37.8 Å². The average molecular weight is 663 g/mol. The second kappa shape index (κ2) is 20.6. The number of ether oxygens (including phenoxy) is 4. The van der Waals surface area contributed by atoms with E-state index in [1.165, 1.54) is 0 Å². The van der Waals surface area contributed by atoms with E-state index in [1.807, 2.05) is 72.8 Å². The summed E-state index contributed by atoms with van der Waals surface area (Å²) in [5.41, 5.74) is 1.88. The first-order valence-electron chi connectivity index (χ1n) is 17.6. The molecule has 0 bridgehead atoms. The average Bonchev–Trinajstić information content (AvgIpc) is 3.73. The van der Waals surface area contributed by atoms with Crippen molar-refractivity contribution in [2.75, 3.05) is 26.3 Å². The number of carbonyl (C=O) groups is 2. The molecule has 2 aromatic carbocycles. The minimum absolute atomic E-state index is 0.00113. The summed E-state index contributed by atoms with van der Waals surface area (Å²) in [6.45, 7) is 8.85. The lowest BCUT2D eigenvalue weighted by atomic mass is 10.0. The number of aliphatic hydroxyl groups excluding tert-OH is 1. The molecule has 9 heteroatoms. The van der Waals surface area contributed by atoms with E-state index in [-0.39, 0.29) is 25.4 Å². The van der Waals surface area contributed by atoms with Crippen LogP contribution < -0.4 is 5.32 Å². The van der Waals surface area contributed by atoms with E-state index >= 15 is 0 Å². The van der Waals surface area contributed by atoms with Crippen LogP contribution in [0.2, 0.25) is 0 Å². The maximum Gasteiger partial charge on any atom is 0.410 e. The molecule has 0 aromatic heterocycles. The Balaban J connectivity index is 1.44. The van der Waals surface area contributed by atoms with E-state index in [2.05, 4.69) is 18.5 Å².